The van der Waals surface area contributed by atoms with Crippen molar-refractivity contribution in [1.82, 2.24) is 10.2 Å². The molecule has 2 atom stereocenters. The zero-order valence-electron chi connectivity index (χ0n) is 11.1. The normalized spacial score (nSPS) is 26.0. The number of rotatable bonds is 3. The average Bonchev–Trinajstić information content (AvgIpc) is 2.90. The van der Waals surface area contributed by atoms with Gasteiger partial charge in [0.2, 0.25) is 0 Å². The Hall–Kier alpha value is -0.480. The van der Waals surface area contributed by atoms with Crippen molar-refractivity contribution in [2.75, 3.05) is 33.3 Å². The van der Waals surface area contributed by atoms with Gasteiger partial charge in [-0.25, -0.2) is 0 Å². The number of hydrogen-bond acceptors (Lipinski definition) is 3. The lowest BCUT2D eigenvalue weighted by Gasteiger charge is -2.18. The average molecular weight is 303 g/mol. The van der Waals surface area contributed by atoms with Crippen molar-refractivity contribution in [2.45, 2.75) is 6.54 Å². The van der Waals surface area contributed by atoms with Crippen LogP contribution < -0.4 is 10.1 Å². The van der Waals surface area contributed by atoms with Crippen molar-refractivity contribution in [3.63, 3.8) is 0 Å². The van der Waals surface area contributed by atoms with Crippen molar-refractivity contribution >= 4 is 24.0 Å². The summed E-state index contributed by atoms with van der Waals surface area (Å²) in [5, 5.41) is 4.25. The molecule has 0 saturated carbocycles. The Morgan fingerprint density at radius 2 is 2.00 bits per heavy atom. The van der Waals surface area contributed by atoms with Gasteiger partial charge in [0, 0.05) is 30.2 Å². The summed E-state index contributed by atoms with van der Waals surface area (Å²) in [6.07, 6.45) is 0. The summed E-state index contributed by atoms with van der Waals surface area (Å²) in [5.74, 6) is 2.60. The molecule has 1 aromatic carbocycles. The molecule has 2 heterocycles. The van der Waals surface area contributed by atoms with Crippen molar-refractivity contribution in [1.29, 1.82) is 0 Å². The molecule has 0 aliphatic carbocycles. The maximum absolute atomic E-state index is 6.07. The van der Waals surface area contributed by atoms with E-state index in [1.165, 1.54) is 31.7 Å². The Morgan fingerprint density at radius 1 is 1.32 bits per heavy atom. The van der Waals surface area contributed by atoms with Gasteiger partial charge in [-0.15, -0.1) is 12.4 Å². The molecule has 0 radical (unpaired) electrons. The summed E-state index contributed by atoms with van der Waals surface area (Å²) in [6.45, 7) is 5.67. The van der Waals surface area contributed by atoms with E-state index in [0.29, 0.717) is 0 Å². The number of nitrogens with zero attached hydrogens (tertiary/aromatic N) is 1. The molecule has 3 rings (SSSR count). The monoisotopic (exact) mass is 302 g/mol. The molecule has 106 valence electrons. The largest absolute Gasteiger partial charge is 0.496 e. The zero-order chi connectivity index (χ0) is 12.5. The Labute approximate surface area is 125 Å². The van der Waals surface area contributed by atoms with E-state index in [2.05, 4.69) is 10.2 Å². The van der Waals surface area contributed by atoms with Crippen molar-refractivity contribution in [3.8, 4) is 5.75 Å². The van der Waals surface area contributed by atoms with Gasteiger partial charge in [0.1, 0.15) is 5.75 Å². The molecule has 0 spiro atoms. The van der Waals surface area contributed by atoms with E-state index < -0.39 is 0 Å². The molecular weight excluding hydrogens is 283 g/mol. The Bertz CT molecular complexity index is 429. The highest BCUT2D eigenvalue weighted by Gasteiger charge is 2.35. The smallest absolute Gasteiger partial charge is 0.123 e. The van der Waals surface area contributed by atoms with Crippen LogP contribution in [0.25, 0.3) is 0 Å². The summed E-state index contributed by atoms with van der Waals surface area (Å²) in [4.78, 5) is 2.52. The van der Waals surface area contributed by atoms with Gasteiger partial charge in [0.15, 0.2) is 0 Å². The molecule has 19 heavy (non-hydrogen) atoms. The SMILES string of the molecule is COc1ccc(Cl)cc1CN1C[C@H]2CNC[C@H]2C1.Cl. The van der Waals surface area contributed by atoms with Crippen LogP contribution in [0.3, 0.4) is 0 Å². The van der Waals surface area contributed by atoms with Gasteiger partial charge in [-0.1, -0.05) is 11.6 Å². The van der Waals surface area contributed by atoms with E-state index in [0.717, 1.165) is 29.2 Å². The van der Waals surface area contributed by atoms with Gasteiger partial charge in [-0.2, -0.15) is 0 Å². The molecule has 2 saturated heterocycles. The molecule has 2 aliphatic heterocycles. The van der Waals surface area contributed by atoms with Gasteiger partial charge in [-0.05, 0) is 43.1 Å². The van der Waals surface area contributed by atoms with Crippen LogP contribution in [0.5, 0.6) is 5.75 Å². The third-order valence-electron chi connectivity index (χ3n) is 4.10. The number of nitrogens with one attached hydrogen (secondary N) is 1. The quantitative estimate of drug-likeness (QED) is 0.928. The minimum absolute atomic E-state index is 0. The summed E-state index contributed by atoms with van der Waals surface area (Å²) >= 11 is 6.07. The third kappa shape index (κ3) is 3.16. The molecule has 2 fully saturated rings. The summed E-state index contributed by atoms with van der Waals surface area (Å²) < 4.78 is 5.41. The number of hydrogen-bond donors (Lipinski definition) is 1. The summed E-state index contributed by atoms with van der Waals surface area (Å²) in [7, 11) is 1.72. The molecular formula is C14H20Cl2N2O. The first kappa shape index (κ1) is 14.9. The van der Waals surface area contributed by atoms with Crippen LogP contribution in [0.1, 0.15) is 5.56 Å². The number of likely N-dealkylation sites (tertiary alicyclic amines) is 1. The second-order valence-electron chi connectivity index (χ2n) is 5.33. The second-order valence-corrected chi connectivity index (χ2v) is 5.77. The van der Waals surface area contributed by atoms with E-state index in [4.69, 9.17) is 16.3 Å². The Morgan fingerprint density at radius 3 is 2.63 bits per heavy atom. The van der Waals surface area contributed by atoms with Gasteiger partial charge in [0.05, 0.1) is 7.11 Å². The molecule has 0 bridgehead atoms. The maximum Gasteiger partial charge on any atom is 0.123 e. The van der Waals surface area contributed by atoms with Gasteiger partial charge in [-0.3, -0.25) is 4.90 Å². The minimum Gasteiger partial charge on any atom is -0.496 e. The summed E-state index contributed by atoms with van der Waals surface area (Å²) in [6, 6.07) is 5.86. The Kier molecular flexibility index (Phi) is 4.96. The molecule has 2 aliphatic rings. The number of halogens is 2. The van der Waals surface area contributed by atoms with Crippen molar-refractivity contribution < 1.29 is 4.74 Å². The number of ether oxygens (including phenoxy) is 1. The van der Waals surface area contributed by atoms with Gasteiger partial charge in [0.25, 0.3) is 0 Å². The first-order chi connectivity index (χ1) is 8.76. The highest BCUT2D eigenvalue weighted by molar-refractivity contribution is 6.30. The lowest BCUT2D eigenvalue weighted by molar-refractivity contribution is 0.298. The van der Waals surface area contributed by atoms with Crippen LogP contribution in [0.15, 0.2) is 18.2 Å². The minimum atomic E-state index is 0. The van der Waals surface area contributed by atoms with Crippen LogP contribution in [-0.4, -0.2) is 38.2 Å². The van der Waals surface area contributed by atoms with Gasteiger partial charge >= 0.3 is 0 Å². The highest BCUT2D eigenvalue weighted by atomic mass is 35.5. The molecule has 5 heteroatoms. The molecule has 1 aromatic rings. The number of fused-ring (bicyclic) bond motifs is 1. The van der Waals surface area contributed by atoms with Crippen LogP contribution in [0.4, 0.5) is 0 Å². The van der Waals surface area contributed by atoms with E-state index in [9.17, 15) is 0 Å². The fourth-order valence-corrected chi connectivity index (χ4v) is 3.39. The second kappa shape index (κ2) is 6.31. The van der Waals surface area contributed by atoms with Crippen LogP contribution >= 0.6 is 24.0 Å². The van der Waals surface area contributed by atoms with Crippen molar-refractivity contribution in [3.05, 3.63) is 28.8 Å². The lowest BCUT2D eigenvalue weighted by Crippen LogP contribution is -2.25. The fourth-order valence-electron chi connectivity index (χ4n) is 3.19. The number of benzene rings is 1. The zero-order valence-corrected chi connectivity index (χ0v) is 12.6. The van der Waals surface area contributed by atoms with Crippen LogP contribution in [0.2, 0.25) is 5.02 Å². The van der Waals surface area contributed by atoms with E-state index in [1.54, 1.807) is 7.11 Å². The van der Waals surface area contributed by atoms with E-state index >= 15 is 0 Å². The molecule has 0 amide bonds. The Balaban J connectivity index is 0.00000133. The standard InChI is InChI=1S/C14H19ClN2O.ClH/c1-18-14-3-2-13(15)4-10(14)7-17-8-11-5-16-6-12(11)9-17;/h2-4,11-12,16H,5-9H2,1H3;1H/t11-,12+;. The predicted molar refractivity (Wildman–Crippen MR) is 80.4 cm³/mol. The summed E-state index contributed by atoms with van der Waals surface area (Å²) in [5.41, 5.74) is 1.19. The van der Waals surface area contributed by atoms with Crippen LogP contribution in [0, 0.1) is 11.8 Å². The predicted octanol–water partition coefficient (Wildman–Crippen LogP) is 2.42. The third-order valence-corrected chi connectivity index (χ3v) is 4.34. The molecule has 0 unspecified atom stereocenters. The van der Waals surface area contributed by atoms with E-state index in [1.807, 2.05) is 18.2 Å². The first-order valence-electron chi connectivity index (χ1n) is 6.52. The molecule has 1 N–H and O–H groups in total. The van der Waals surface area contributed by atoms with E-state index in [-0.39, 0.29) is 12.4 Å². The number of methoxy groups -OCH3 is 1. The fraction of sp³-hybridized carbons (Fsp3) is 0.571. The topological polar surface area (TPSA) is 24.5 Å². The maximum atomic E-state index is 6.07. The lowest BCUT2D eigenvalue weighted by atomic mass is 10.0. The molecule has 0 aromatic heterocycles. The highest BCUT2D eigenvalue weighted by Crippen LogP contribution is 2.30. The first-order valence-corrected chi connectivity index (χ1v) is 6.89. The van der Waals surface area contributed by atoms with Crippen LogP contribution in [-0.2, 0) is 6.54 Å². The van der Waals surface area contributed by atoms with Crippen molar-refractivity contribution in [2.24, 2.45) is 11.8 Å². The molecule has 3 nitrogen and oxygen atoms in total. The van der Waals surface area contributed by atoms with Gasteiger partial charge < -0.3 is 10.1 Å².